The first kappa shape index (κ1) is 32.0. The minimum absolute atomic E-state index is 1.10. The third-order valence-electron chi connectivity index (χ3n) is 10.1. The Morgan fingerprint density at radius 2 is 0.679 bits per heavy atom. The molecule has 0 unspecified atom stereocenters. The molecule has 0 bridgehead atoms. The molecule has 0 spiro atoms. The molecular weight excluding hydrogens is 639 g/mol. The summed E-state index contributed by atoms with van der Waals surface area (Å²) in [4.78, 5) is 2.34. The summed E-state index contributed by atoms with van der Waals surface area (Å²) in [7, 11) is 0. The Hall–Kier alpha value is -6.96. The van der Waals surface area contributed by atoms with E-state index in [1.165, 1.54) is 66.4 Å². The summed E-state index contributed by atoms with van der Waals surface area (Å²) in [6.45, 7) is 0. The van der Waals surface area contributed by atoms with Gasteiger partial charge in [-0.25, -0.2) is 0 Å². The Kier molecular flexibility index (Phi) is 8.66. The molecule has 0 N–H and O–H groups in total. The molecule has 1 nitrogen and oxygen atoms in total. The fraction of sp³-hybridized carbons (Fsp3) is 0. The van der Waals surface area contributed by atoms with Crippen molar-refractivity contribution in [1.29, 1.82) is 0 Å². The zero-order valence-electron chi connectivity index (χ0n) is 29.3. The maximum absolute atomic E-state index is 2.34. The van der Waals surface area contributed by atoms with E-state index in [0.717, 1.165) is 17.1 Å². The van der Waals surface area contributed by atoms with Gasteiger partial charge in [0.15, 0.2) is 0 Å². The van der Waals surface area contributed by atoms with Crippen molar-refractivity contribution in [2.24, 2.45) is 0 Å². The second kappa shape index (κ2) is 14.3. The average Bonchev–Trinajstić information content (AvgIpc) is 3.25. The van der Waals surface area contributed by atoms with Crippen molar-refractivity contribution in [2.75, 3.05) is 4.90 Å². The van der Waals surface area contributed by atoms with Crippen molar-refractivity contribution in [3.05, 3.63) is 224 Å². The van der Waals surface area contributed by atoms with Crippen molar-refractivity contribution < 1.29 is 0 Å². The minimum atomic E-state index is 1.10. The molecule has 0 saturated heterocycles. The molecule has 9 aromatic rings. The SMILES string of the molecule is c1ccc(-c2ccc(-c3ccc(N(c4ccccc4)c4ccc(-c5ccc6ccccc6c5-c5ccccc5)cc4)cc3)c(-c3ccccc3)c2)cc1. The largest absolute Gasteiger partial charge is 0.311 e. The van der Waals surface area contributed by atoms with E-state index >= 15 is 0 Å². The summed E-state index contributed by atoms with van der Waals surface area (Å²) in [5.74, 6) is 0. The topological polar surface area (TPSA) is 3.24 Å². The first-order valence-electron chi connectivity index (χ1n) is 18.2. The van der Waals surface area contributed by atoms with Gasteiger partial charge in [0.05, 0.1) is 0 Å². The molecule has 0 heterocycles. The number of hydrogen-bond acceptors (Lipinski definition) is 1. The van der Waals surface area contributed by atoms with E-state index < -0.39 is 0 Å². The molecule has 0 aliphatic rings. The zero-order chi connectivity index (χ0) is 35.4. The molecule has 9 rings (SSSR count). The fourth-order valence-corrected chi connectivity index (χ4v) is 7.50. The maximum atomic E-state index is 2.34. The smallest absolute Gasteiger partial charge is 0.0462 e. The van der Waals surface area contributed by atoms with Crippen molar-refractivity contribution in [1.82, 2.24) is 0 Å². The Bertz CT molecular complexity index is 2610. The molecule has 9 aromatic carbocycles. The second-order valence-corrected chi connectivity index (χ2v) is 13.3. The van der Waals surface area contributed by atoms with Crippen molar-refractivity contribution in [3.63, 3.8) is 0 Å². The second-order valence-electron chi connectivity index (χ2n) is 13.3. The Labute approximate surface area is 311 Å². The highest BCUT2D eigenvalue weighted by molar-refractivity contribution is 6.04. The van der Waals surface area contributed by atoms with Crippen LogP contribution in [0.3, 0.4) is 0 Å². The van der Waals surface area contributed by atoms with Crippen molar-refractivity contribution >= 4 is 27.8 Å². The number of fused-ring (bicyclic) bond motifs is 1. The van der Waals surface area contributed by atoms with Gasteiger partial charge in [-0.1, -0.05) is 182 Å². The minimum Gasteiger partial charge on any atom is -0.311 e. The lowest BCUT2D eigenvalue weighted by atomic mass is 9.89. The molecule has 0 aliphatic carbocycles. The fourth-order valence-electron chi connectivity index (χ4n) is 7.50. The monoisotopic (exact) mass is 675 g/mol. The van der Waals surface area contributed by atoms with Gasteiger partial charge in [-0.2, -0.15) is 0 Å². The predicted octanol–water partition coefficient (Wildman–Crippen LogP) is 14.6. The third kappa shape index (κ3) is 6.42. The van der Waals surface area contributed by atoms with E-state index in [1.807, 2.05) is 0 Å². The van der Waals surface area contributed by atoms with Crippen LogP contribution in [0.5, 0.6) is 0 Å². The predicted molar refractivity (Wildman–Crippen MR) is 226 cm³/mol. The van der Waals surface area contributed by atoms with E-state index in [1.54, 1.807) is 0 Å². The molecule has 0 saturated carbocycles. The van der Waals surface area contributed by atoms with Gasteiger partial charge in [0.2, 0.25) is 0 Å². The molecule has 0 radical (unpaired) electrons. The molecule has 0 fully saturated rings. The van der Waals surface area contributed by atoms with Crippen LogP contribution in [0, 0.1) is 0 Å². The van der Waals surface area contributed by atoms with Crippen LogP contribution in [0.4, 0.5) is 17.1 Å². The molecule has 53 heavy (non-hydrogen) atoms. The summed E-state index contributed by atoms with van der Waals surface area (Å²) >= 11 is 0. The lowest BCUT2D eigenvalue weighted by Crippen LogP contribution is -2.09. The van der Waals surface area contributed by atoms with Crippen LogP contribution in [0.2, 0.25) is 0 Å². The van der Waals surface area contributed by atoms with Crippen LogP contribution in [0.1, 0.15) is 0 Å². The highest BCUT2D eigenvalue weighted by atomic mass is 15.1. The summed E-state index contributed by atoms with van der Waals surface area (Å²) in [5, 5.41) is 2.50. The summed E-state index contributed by atoms with van der Waals surface area (Å²) < 4.78 is 0. The van der Waals surface area contributed by atoms with Gasteiger partial charge >= 0.3 is 0 Å². The zero-order valence-corrected chi connectivity index (χ0v) is 29.3. The van der Waals surface area contributed by atoms with E-state index in [4.69, 9.17) is 0 Å². The van der Waals surface area contributed by atoms with Gasteiger partial charge < -0.3 is 4.90 Å². The van der Waals surface area contributed by atoms with Gasteiger partial charge in [0.25, 0.3) is 0 Å². The van der Waals surface area contributed by atoms with Gasteiger partial charge in [-0.15, -0.1) is 0 Å². The Morgan fingerprint density at radius 1 is 0.245 bits per heavy atom. The molecule has 0 amide bonds. The van der Waals surface area contributed by atoms with Crippen molar-refractivity contribution in [2.45, 2.75) is 0 Å². The number of rotatable bonds is 8. The van der Waals surface area contributed by atoms with Crippen molar-refractivity contribution in [3.8, 4) is 55.6 Å². The average molecular weight is 676 g/mol. The van der Waals surface area contributed by atoms with E-state index in [2.05, 4.69) is 229 Å². The number of anilines is 3. The van der Waals surface area contributed by atoms with E-state index in [-0.39, 0.29) is 0 Å². The number of hydrogen-bond donors (Lipinski definition) is 0. The number of para-hydroxylation sites is 1. The molecule has 0 aliphatic heterocycles. The lowest BCUT2D eigenvalue weighted by molar-refractivity contribution is 1.28. The van der Waals surface area contributed by atoms with Gasteiger partial charge in [0, 0.05) is 17.1 Å². The van der Waals surface area contributed by atoms with Crippen LogP contribution < -0.4 is 4.90 Å². The number of benzene rings is 9. The molecular formula is C52H37N. The van der Waals surface area contributed by atoms with E-state index in [0.29, 0.717) is 0 Å². The Morgan fingerprint density at radius 3 is 1.30 bits per heavy atom. The normalized spacial score (nSPS) is 11.0. The number of nitrogens with zero attached hydrogens (tertiary/aromatic N) is 1. The highest BCUT2D eigenvalue weighted by Crippen LogP contribution is 2.42. The first-order chi connectivity index (χ1) is 26.3. The summed E-state index contributed by atoms with van der Waals surface area (Å²) in [5.41, 5.74) is 15.5. The molecule has 250 valence electrons. The van der Waals surface area contributed by atoms with Crippen LogP contribution in [-0.2, 0) is 0 Å². The van der Waals surface area contributed by atoms with Crippen LogP contribution in [-0.4, -0.2) is 0 Å². The third-order valence-corrected chi connectivity index (χ3v) is 10.1. The van der Waals surface area contributed by atoms with Crippen LogP contribution in [0.25, 0.3) is 66.4 Å². The first-order valence-corrected chi connectivity index (χ1v) is 18.2. The maximum Gasteiger partial charge on any atom is 0.0462 e. The molecule has 0 aromatic heterocycles. The molecule has 0 atom stereocenters. The lowest BCUT2D eigenvalue weighted by Gasteiger charge is -2.26. The quantitative estimate of drug-likeness (QED) is 0.155. The van der Waals surface area contributed by atoms with Crippen LogP contribution in [0.15, 0.2) is 224 Å². The van der Waals surface area contributed by atoms with Gasteiger partial charge in [0.1, 0.15) is 0 Å². The summed E-state index contributed by atoms with van der Waals surface area (Å²) in [6, 6.07) is 80.7. The standard InChI is InChI=1S/C52H37N/c1-5-15-38(16-6-1)44-30-35-48(51(37-44)39-17-7-2-8-18-39)41-25-31-46(32-26-41)53(45-22-11-4-12-23-45)47-33-27-42(28-34-47)50-36-29-40-19-13-14-24-49(40)52(50)43-20-9-3-10-21-43/h1-37H. The van der Waals surface area contributed by atoms with E-state index in [9.17, 15) is 0 Å². The molecule has 1 heteroatoms. The highest BCUT2D eigenvalue weighted by Gasteiger charge is 2.16. The van der Waals surface area contributed by atoms with Gasteiger partial charge in [-0.3, -0.25) is 0 Å². The van der Waals surface area contributed by atoms with Crippen LogP contribution >= 0.6 is 0 Å². The summed E-state index contributed by atoms with van der Waals surface area (Å²) in [6.07, 6.45) is 0. The van der Waals surface area contributed by atoms with Gasteiger partial charge in [-0.05, 0) is 109 Å². The Balaban J connectivity index is 1.10.